The summed E-state index contributed by atoms with van der Waals surface area (Å²) in [5.74, 6) is 0.0947. The van der Waals surface area contributed by atoms with Crippen molar-refractivity contribution in [2.45, 2.75) is 5.92 Å². The van der Waals surface area contributed by atoms with Gasteiger partial charge in [0.2, 0.25) is 0 Å². The van der Waals surface area contributed by atoms with E-state index >= 15 is 0 Å². The number of rotatable bonds is 0. The zero-order valence-corrected chi connectivity index (χ0v) is 8.50. The molecular weight excluding hydrogens is 204 g/mol. The summed E-state index contributed by atoms with van der Waals surface area (Å²) in [5, 5.41) is 8.94. The highest BCUT2D eigenvalue weighted by Gasteiger charge is 2.31. The van der Waals surface area contributed by atoms with Crippen LogP contribution in [0.4, 0.5) is 4.79 Å². The van der Waals surface area contributed by atoms with Crippen molar-refractivity contribution in [3.8, 4) is 0 Å². The van der Waals surface area contributed by atoms with Crippen LogP contribution in [0.2, 0.25) is 0 Å². The second-order valence-electron chi connectivity index (χ2n) is 3.93. The van der Waals surface area contributed by atoms with E-state index in [0.29, 0.717) is 6.54 Å². The Labute approximate surface area is 92.5 Å². The van der Waals surface area contributed by atoms with Crippen LogP contribution >= 0.6 is 0 Å². The lowest BCUT2D eigenvalue weighted by atomic mass is 9.91. The average molecular weight is 214 g/mol. The van der Waals surface area contributed by atoms with Gasteiger partial charge in [-0.3, -0.25) is 9.89 Å². The van der Waals surface area contributed by atoms with Gasteiger partial charge in [-0.25, -0.2) is 4.79 Å². The van der Waals surface area contributed by atoms with Crippen molar-refractivity contribution in [3.63, 3.8) is 0 Å². The Bertz CT molecular complexity index is 520. The van der Waals surface area contributed by atoms with Gasteiger partial charge in [-0.2, -0.15) is 0 Å². The third kappa shape index (κ3) is 1.23. The van der Waals surface area contributed by atoms with Gasteiger partial charge >= 0.3 is 6.09 Å². The van der Waals surface area contributed by atoms with Crippen molar-refractivity contribution in [1.29, 1.82) is 0 Å². The van der Waals surface area contributed by atoms with E-state index in [4.69, 9.17) is 5.11 Å². The molecule has 0 aliphatic carbocycles. The van der Waals surface area contributed by atoms with Crippen molar-refractivity contribution in [2.75, 3.05) is 6.54 Å². The first-order valence-corrected chi connectivity index (χ1v) is 5.10. The molecule has 0 unspecified atom stereocenters. The van der Waals surface area contributed by atoms with Gasteiger partial charge in [0.25, 0.3) is 0 Å². The molecule has 0 bridgehead atoms. The minimum absolute atomic E-state index is 0.0947. The standard InChI is InChI=1S/C12H10N2O2/c15-12(16)14-6-10-9-4-2-1-3-8(9)5-13-11(10)7-14/h1-5,7,10H,6H2,(H,15,16)/t10-/m0/s1. The average Bonchev–Trinajstić information content (AvgIpc) is 2.73. The van der Waals surface area contributed by atoms with Gasteiger partial charge in [-0.1, -0.05) is 24.3 Å². The lowest BCUT2D eigenvalue weighted by molar-refractivity contribution is 0.165. The number of benzene rings is 1. The molecule has 0 fully saturated rings. The SMILES string of the molecule is O=C(O)N1C=C2N=Cc3ccccc3[C@@H]2C1. The van der Waals surface area contributed by atoms with Gasteiger partial charge in [0.05, 0.1) is 5.70 Å². The normalized spacial score (nSPS) is 21.4. The Balaban J connectivity index is 2.04. The molecule has 1 aromatic carbocycles. The molecule has 80 valence electrons. The molecule has 0 aromatic heterocycles. The first kappa shape index (κ1) is 9.15. The van der Waals surface area contributed by atoms with E-state index in [1.807, 2.05) is 24.3 Å². The fourth-order valence-corrected chi connectivity index (χ4v) is 2.20. The summed E-state index contributed by atoms with van der Waals surface area (Å²) < 4.78 is 0. The monoisotopic (exact) mass is 214 g/mol. The highest BCUT2D eigenvalue weighted by molar-refractivity contribution is 5.85. The molecule has 0 radical (unpaired) electrons. The number of aliphatic imine (C=N–C) groups is 1. The van der Waals surface area contributed by atoms with E-state index in [9.17, 15) is 4.79 Å². The predicted octanol–water partition coefficient (Wildman–Crippen LogP) is 2.04. The van der Waals surface area contributed by atoms with E-state index in [-0.39, 0.29) is 5.92 Å². The largest absolute Gasteiger partial charge is 0.465 e. The molecule has 1 N–H and O–H groups in total. The highest BCUT2D eigenvalue weighted by Crippen LogP contribution is 2.36. The van der Waals surface area contributed by atoms with Crippen molar-refractivity contribution in [2.24, 2.45) is 4.99 Å². The third-order valence-electron chi connectivity index (χ3n) is 2.99. The molecule has 16 heavy (non-hydrogen) atoms. The van der Waals surface area contributed by atoms with Crippen LogP contribution in [0.1, 0.15) is 17.0 Å². The number of fused-ring (bicyclic) bond motifs is 3. The number of hydrogen-bond donors (Lipinski definition) is 1. The molecule has 4 heteroatoms. The molecule has 2 aliphatic heterocycles. The molecule has 0 spiro atoms. The number of nitrogens with zero attached hydrogens (tertiary/aromatic N) is 2. The van der Waals surface area contributed by atoms with Crippen molar-refractivity contribution in [3.05, 3.63) is 47.3 Å². The van der Waals surface area contributed by atoms with Crippen LogP contribution in [0.5, 0.6) is 0 Å². The van der Waals surface area contributed by atoms with E-state index < -0.39 is 6.09 Å². The fraction of sp³-hybridized carbons (Fsp3) is 0.167. The third-order valence-corrected chi connectivity index (χ3v) is 2.99. The van der Waals surface area contributed by atoms with Crippen LogP contribution in [0.25, 0.3) is 0 Å². The number of hydrogen-bond acceptors (Lipinski definition) is 2. The van der Waals surface area contributed by atoms with Crippen LogP contribution in [-0.4, -0.2) is 28.9 Å². The lowest BCUT2D eigenvalue weighted by Crippen LogP contribution is -2.24. The summed E-state index contributed by atoms with van der Waals surface area (Å²) in [6.07, 6.45) is 2.48. The smallest absolute Gasteiger partial charge is 0.411 e. The number of carbonyl (C=O) groups is 1. The van der Waals surface area contributed by atoms with Gasteiger partial charge < -0.3 is 5.11 Å². The number of carboxylic acid groups (broad SMARTS) is 1. The lowest BCUT2D eigenvalue weighted by Gasteiger charge is -2.19. The quantitative estimate of drug-likeness (QED) is 0.718. The summed E-state index contributed by atoms with van der Waals surface area (Å²) in [5.41, 5.74) is 3.07. The minimum atomic E-state index is -0.922. The second-order valence-corrected chi connectivity index (χ2v) is 3.93. The van der Waals surface area contributed by atoms with E-state index in [1.54, 1.807) is 12.4 Å². The molecule has 4 nitrogen and oxygen atoms in total. The molecule has 1 amide bonds. The zero-order valence-electron chi connectivity index (χ0n) is 8.50. The first-order valence-electron chi connectivity index (χ1n) is 5.10. The Morgan fingerprint density at radius 1 is 1.44 bits per heavy atom. The molecular formula is C12H10N2O2. The van der Waals surface area contributed by atoms with Gasteiger partial charge in [0.1, 0.15) is 0 Å². The Morgan fingerprint density at radius 2 is 2.25 bits per heavy atom. The molecule has 2 aliphatic rings. The Hall–Kier alpha value is -2.10. The van der Waals surface area contributed by atoms with Gasteiger partial charge in [-0.15, -0.1) is 0 Å². The summed E-state index contributed by atoms with van der Waals surface area (Å²) >= 11 is 0. The summed E-state index contributed by atoms with van der Waals surface area (Å²) in [6.45, 7) is 0.471. The Kier molecular flexibility index (Phi) is 1.83. The predicted molar refractivity (Wildman–Crippen MR) is 59.6 cm³/mol. The number of amides is 1. The Morgan fingerprint density at radius 3 is 3.06 bits per heavy atom. The van der Waals surface area contributed by atoms with Crippen molar-refractivity contribution >= 4 is 12.3 Å². The maximum absolute atomic E-state index is 10.9. The molecule has 0 saturated carbocycles. The van der Waals surface area contributed by atoms with Crippen LogP contribution in [0, 0.1) is 0 Å². The van der Waals surface area contributed by atoms with E-state index in [1.165, 1.54) is 4.90 Å². The van der Waals surface area contributed by atoms with E-state index in [2.05, 4.69) is 4.99 Å². The zero-order chi connectivity index (χ0) is 11.1. The summed E-state index contributed by atoms with van der Waals surface area (Å²) in [7, 11) is 0. The van der Waals surface area contributed by atoms with Crippen molar-refractivity contribution < 1.29 is 9.90 Å². The molecule has 1 aromatic rings. The second kappa shape index (κ2) is 3.20. The van der Waals surface area contributed by atoms with E-state index in [0.717, 1.165) is 16.8 Å². The van der Waals surface area contributed by atoms with Crippen LogP contribution in [0.3, 0.4) is 0 Å². The van der Waals surface area contributed by atoms with Gasteiger partial charge in [0.15, 0.2) is 0 Å². The van der Waals surface area contributed by atoms with Crippen LogP contribution in [-0.2, 0) is 0 Å². The maximum atomic E-state index is 10.9. The highest BCUT2D eigenvalue weighted by atomic mass is 16.4. The fourth-order valence-electron chi connectivity index (χ4n) is 2.20. The summed E-state index contributed by atoms with van der Waals surface area (Å²) in [4.78, 5) is 16.5. The molecule has 1 atom stereocenters. The summed E-state index contributed by atoms with van der Waals surface area (Å²) in [6, 6.07) is 7.96. The first-order chi connectivity index (χ1) is 7.75. The molecule has 2 heterocycles. The van der Waals surface area contributed by atoms with Crippen LogP contribution < -0.4 is 0 Å². The topological polar surface area (TPSA) is 52.9 Å². The van der Waals surface area contributed by atoms with Gasteiger partial charge in [0, 0.05) is 24.9 Å². The molecule has 3 rings (SSSR count). The van der Waals surface area contributed by atoms with Crippen LogP contribution in [0.15, 0.2) is 41.2 Å². The molecule has 0 saturated heterocycles. The minimum Gasteiger partial charge on any atom is -0.465 e. The maximum Gasteiger partial charge on any atom is 0.411 e. The van der Waals surface area contributed by atoms with Gasteiger partial charge in [-0.05, 0) is 11.1 Å². The van der Waals surface area contributed by atoms with Crippen molar-refractivity contribution in [1.82, 2.24) is 4.90 Å².